The molecule has 0 aliphatic carbocycles. The largest absolute Gasteiger partial charge is 0.444 e. The molecule has 26 heavy (non-hydrogen) atoms. The Hall–Kier alpha value is -1.51. The molecule has 1 aromatic carbocycles. The minimum atomic E-state index is -0.462. The molecular formula is C23H39NO2. The molecule has 1 rings (SSSR count). The zero-order valence-corrected chi connectivity index (χ0v) is 18.3. The van der Waals surface area contributed by atoms with Gasteiger partial charge in [0, 0.05) is 6.04 Å². The maximum absolute atomic E-state index is 12.0. The van der Waals surface area contributed by atoms with Crippen molar-refractivity contribution in [2.75, 3.05) is 0 Å². The minimum Gasteiger partial charge on any atom is -0.444 e. The molecule has 0 unspecified atom stereocenters. The van der Waals surface area contributed by atoms with Crippen LogP contribution < -0.4 is 5.32 Å². The fourth-order valence-electron chi connectivity index (χ4n) is 3.06. The zero-order chi connectivity index (χ0) is 20.1. The van der Waals surface area contributed by atoms with Gasteiger partial charge in [0.1, 0.15) is 5.60 Å². The van der Waals surface area contributed by atoms with Crippen molar-refractivity contribution in [2.45, 2.75) is 92.2 Å². The van der Waals surface area contributed by atoms with Crippen LogP contribution in [0.1, 0.15) is 79.9 Å². The lowest BCUT2D eigenvalue weighted by Gasteiger charge is -2.27. The first-order valence-electron chi connectivity index (χ1n) is 9.87. The molecule has 0 bridgehead atoms. The predicted octanol–water partition coefficient (Wildman–Crippen LogP) is 6.10. The maximum Gasteiger partial charge on any atom is 0.407 e. The van der Waals surface area contributed by atoms with Gasteiger partial charge in [0.25, 0.3) is 0 Å². The fraction of sp³-hybridized carbons (Fsp3) is 0.696. The van der Waals surface area contributed by atoms with Crippen LogP contribution in [-0.2, 0) is 16.6 Å². The number of alkyl carbamates (subject to hydrolysis) is 1. The number of amides is 1. The summed E-state index contributed by atoms with van der Waals surface area (Å²) < 4.78 is 5.36. The monoisotopic (exact) mass is 361 g/mol. The van der Waals surface area contributed by atoms with Crippen molar-refractivity contribution in [1.29, 1.82) is 0 Å². The molecule has 3 heteroatoms. The summed E-state index contributed by atoms with van der Waals surface area (Å²) in [6.07, 6.45) is 1.64. The molecule has 0 aliphatic rings. The Balaban J connectivity index is 2.67. The molecule has 0 aliphatic heterocycles. The van der Waals surface area contributed by atoms with Gasteiger partial charge in [-0.3, -0.25) is 0 Å². The highest BCUT2D eigenvalue weighted by atomic mass is 16.6. The van der Waals surface area contributed by atoms with E-state index in [9.17, 15) is 4.79 Å². The summed E-state index contributed by atoms with van der Waals surface area (Å²) in [4.78, 5) is 12.0. The van der Waals surface area contributed by atoms with Crippen molar-refractivity contribution in [3.63, 3.8) is 0 Å². The number of rotatable bonds is 6. The van der Waals surface area contributed by atoms with E-state index in [4.69, 9.17) is 4.74 Å². The van der Waals surface area contributed by atoms with Crippen LogP contribution in [-0.4, -0.2) is 17.7 Å². The van der Waals surface area contributed by atoms with Crippen molar-refractivity contribution < 1.29 is 9.53 Å². The van der Waals surface area contributed by atoms with Gasteiger partial charge in [-0.25, -0.2) is 4.79 Å². The van der Waals surface area contributed by atoms with Gasteiger partial charge in [0.05, 0.1) is 0 Å². The van der Waals surface area contributed by atoms with Crippen LogP contribution in [0, 0.1) is 11.8 Å². The Labute approximate surface area is 160 Å². The Morgan fingerprint density at radius 1 is 1.00 bits per heavy atom. The summed E-state index contributed by atoms with van der Waals surface area (Å²) in [5.41, 5.74) is 2.45. The molecule has 0 spiro atoms. The van der Waals surface area contributed by atoms with Gasteiger partial charge in [-0.15, -0.1) is 0 Å². The number of benzene rings is 1. The standard InChI is InChI=1S/C23H39NO2/c1-16(2)19(14-17(3)24-21(25)26-23(7,8)9)15-18-10-12-20(13-11-18)22(4,5)6/h10-13,16-17,19H,14-15H2,1-9H3,(H,24,25)/t17-,19+/m0/s1. The Kier molecular flexibility index (Phi) is 7.73. The van der Waals surface area contributed by atoms with Gasteiger partial charge in [0.15, 0.2) is 0 Å². The first kappa shape index (κ1) is 22.5. The molecule has 2 atom stereocenters. The topological polar surface area (TPSA) is 38.3 Å². The fourth-order valence-corrected chi connectivity index (χ4v) is 3.06. The summed E-state index contributed by atoms with van der Waals surface area (Å²) >= 11 is 0. The van der Waals surface area contributed by atoms with Gasteiger partial charge in [-0.2, -0.15) is 0 Å². The van der Waals surface area contributed by atoms with E-state index in [-0.39, 0.29) is 17.6 Å². The summed E-state index contributed by atoms with van der Waals surface area (Å²) in [6.45, 7) is 18.9. The number of hydrogen-bond acceptors (Lipinski definition) is 2. The van der Waals surface area contributed by atoms with Crippen LogP contribution in [0.2, 0.25) is 0 Å². The van der Waals surface area contributed by atoms with Crippen LogP contribution in [0.3, 0.4) is 0 Å². The molecule has 0 saturated heterocycles. The molecule has 0 heterocycles. The molecule has 3 nitrogen and oxygen atoms in total. The summed E-state index contributed by atoms with van der Waals surface area (Å²) in [6, 6.07) is 9.08. The van der Waals surface area contributed by atoms with Gasteiger partial charge in [-0.1, -0.05) is 58.9 Å². The van der Waals surface area contributed by atoms with Crippen LogP contribution in [0.25, 0.3) is 0 Å². The van der Waals surface area contributed by atoms with Crippen LogP contribution in [0.15, 0.2) is 24.3 Å². The zero-order valence-electron chi connectivity index (χ0n) is 18.3. The molecular weight excluding hydrogens is 322 g/mol. The van der Waals surface area contributed by atoms with Crippen molar-refractivity contribution >= 4 is 6.09 Å². The van der Waals surface area contributed by atoms with Crippen LogP contribution >= 0.6 is 0 Å². The average molecular weight is 362 g/mol. The lowest BCUT2D eigenvalue weighted by atomic mass is 9.82. The molecule has 1 N–H and O–H groups in total. The predicted molar refractivity (Wildman–Crippen MR) is 111 cm³/mol. The first-order valence-corrected chi connectivity index (χ1v) is 9.87. The smallest absolute Gasteiger partial charge is 0.407 e. The van der Waals surface area contributed by atoms with Crippen molar-refractivity contribution in [2.24, 2.45) is 11.8 Å². The van der Waals surface area contributed by atoms with E-state index in [1.165, 1.54) is 11.1 Å². The third-order valence-corrected chi connectivity index (χ3v) is 4.68. The van der Waals surface area contributed by atoms with Crippen molar-refractivity contribution in [3.8, 4) is 0 Å². The minimum absolute atomic E-state index is 0.0890. The lowest BCUT2D eigenvalue weighted by Crippen LogP contribution is -2.39. The van der Waals surface area contributed by atoms with Crippen molar-refractivity contribution in [1.82, 2.24) is 5.32 Å². The van der Waals surface area contributed by atoms with E-state index in [1.807, 2.05) is 20.8 Å². The van der Waals surface area contributed by atoms with Gasteiger partial charge < -0.3 is 10.1 Å². The normalized spacial score (nSPS) is 14.8. The molecule has 0 radical (unpaired) electrons. The number of ether oxygens (including phenoxy) is 1. The van der Waals surface area contributed by atoms with Gasteiger partial charge >= 0.3 is 6.09 Å². The molecule has 0 fully saturated rings. The first-order chi connectivity index (χ1) is 11.8. The quantitative estimate of drug-likeness (QED) is 0.664. The molecule has 0 aromatic heterocycles. The maximum atomic E-state index is 12.0. The highest BCUT2D eigenvalue weighted by Gasteiger charge is 2.22. The van der Waals surface area contributed by atoms with Crippen LogP contribution in [0.5, 0.6) is 0 Å². The van der Waals surface area contributed by atoms with Gasteiger partial charge in [-0.05, 0) is 68.9 Å². The molecule has 1 amide bonds. The molecule has 1 aromatic rings. The number of nitrogens with one attached hydrogen (secondary N) is 1. The summed E-state index contributed by atoms with van der Waals surface area (Å²) in [7, 11) is 0. The van der Waals surface area contributed by atoms with E-state index < -0.39 is 5.60 Å². The van der Waals surface area contributed by atoms with E-state index in [2.05, 4.69) is 71.1 Å². The highest BCUT2D eigenvalue weighted by molar-refractivity contribution is 5.68. The second kappa shape index (κ2) is 8.92. The summed E-state index contributed by atoms with van der Waals surface area (Å²) in [5, 5.41) is 2.98. The Morgan fingerprint density at radius 2 is 1.54 bits per heavy atom. The van der Waals surface area contributed by atoms with E-state index in [0.717, 1.165) is 12.8 Å². The van der Waals surface area contributed by atoms with E-state index in [0.29, 0.717) is 11.8 Å². The van der Waals surface area contributed by atoms with Gasteiger partial charge in [0.2, 0.25) is 0 Å². The van der Waals surface area contributed by atoms with E-state index >= 15 is 0 Å². The van der Waals surface area contributed by atoms with Crippen molar-refractivity contribution in [3.05, 3.63) is 35.4 Å². The van der Waals surface area contributed by atoms with E-state index in [1.54, 1.807) is 0 Å². The third kappa shape index (κ3) is 8.25. The second-order valence-electron chi connectivity index (χ2n) is 9.94. The Morgan fingerprint density at radius 3 is 1.96 bits per heavy atom. The molecule has 0 saturated carbocycles. The number of hydrogen-bond donors (Lipinski definition) is 1. The number of carbonyl (C=O) groups is 1. The SMILES string of the molecule is CC(C)[C@@H](Cc1ccc(C(C)(C)C)cc1)C[C@H](C)NC(=O)OC(C)(C)C. The summed E-state index contributed by atoms with van der Waals surface area (Å²) in [5.74, 6) is 1.07. The average Bonchev–Trinajstić information content (AvgIpc) is 2.43. The lowest BCUT2D eigenvalue weighted by molar-refractivity contribution is 0.0500. The second-order valence-corrected chi connectivity index (χ2v) is 9.94. The third-order valence-electron chi connectivity index (χ3n) is 4.68. The van der Waals surface area contributed by atoms with Crippen LogP contribution in [0.4, 0.5) is 4.79 Å². The Bertz CT molecular complexity index is 561. The number of carbonyl (C=O) groups excluding carboxylic acids is 1. The molecule has 148 valence electrons. The highest BCUT2D eigenvalue weighted by Crippen LogP contribution is 2.26.